The molecule has 1 aromatic rings. The lowest BCUT2D eigenvalue weighted by Gasteiger charge is -2.27. The van der Waals surface area contributed by atoms with Crippen molar-refractivity contribution >= 4 is 40.7 Å². The highest BCUT2D eigenvalue weighted by molar-refractivity contribution is 6.35. The van der Waals surface area contributed by atoms with Crippen molar-refractivity contribution in [3.8, 4) is 0 Å². The molecule has 1 aliphatic carbocycles. The minimum Gasteiger partial charge on any atom is -0.333 e. The van der Waals surface area contributed by atoms with E-state index < -0.39 is 0 Å². The quantitative estimate of drug-likeness (QED) is 0.753. The lowest BCUT2D eigenvalue weighted by atomic mass is 9.94. The lowest BCUT2D eigenvalue weighted by molar-refractivity contribution is -0.139. The Balaban J connectivity index is 2.03. The van der Waals surface area contributed by atoms with Crippen molar-refractivity contribution in [1.29, 1.82) is 0 Å². The van der Waals surface area contributed by atoms with Crippen LogP contribution in [0.3, 0.4) is 0 Å². The summed E-state index contributed by atoms with van der Waals surface area (Å²) in [6, 6.07) is 4.87. The summed E-state index contributed by atoms with van der Waals surface area (Å²) in [6.07, 6.45) is 3.64. The fourth-order valence-corrected chi connectivity index (χ4v) is 3.71. The lowest BCUT2D eigenvalue weighted by Crippen LogP contribution is -2.43. The zero-order valence-electron chi connectivity index (χ0n) is 14.4. The summed E-state index contributed by atoms with van der Waals surface area (Å²) >= 11 is 12.0. The summed E-state index contributed by atoms with van der Waals surface area (Å²) in [5.74, 6) is -0.105. The van der Waals surface area contributed by atoms with Gasteiger partial charge in [-0.05, 0) is 49.9 Å². The Kier molecular flexibility index (Phi) is 7.54. The fraction of sp³-hybridized carbons (Fsp3) is 0.556. The van der Waals surface area contributed by atoms with Crippen LogP contribution in [-0.4, -0.2) is 36.3 Å². The van der Waals surface area contributed by atoms with E-state index in [-0.39, 0.29) is 30.2 Å². The monoisotopic (exact) mass is 385 g/mol. The van der Waals surface area contributed by atoms with Crippen LogP contribution in [-0.2, 0) is 9.59 Å². The van der Waals surface area contributed by atoms with Gasteiger partial charge in [0.15, 0.2) is 0 Å². The highest BCUT2D eigenvalue weighted by Crippen LogP contribution is 2.32. The van der Waals surface area contributed by atoms with Crippen LogP contribution in [0, 0.1) is 11.8 Å². The molecule has 0 aromatic heterocycles. The number of amides is 2. The molecule has 138 valence electrons. The molecule has 1 aromatic carbocycles. The molecule has 2 rings (SSSR count). The van der Waals surface area contributed by atoms with E-state index in [0.29, 0.717) is 28.8 Å². The van der Waals surface area contributed by atoms with E-state index in [1.165, 1.54) is 0 Å². The maximum Gasteiger partial charge on any atom is 0.244 e. The third kappa shape index (κ3) is 5.33. The molecular weight excluding hydrogens is 361 g/mol. The van der Waals surface area contributed by atoms with Crippen LogP contribution in [0.2, 0.25) is 10.0 Å². The second-order valence-corrected chi connectivity index (χ2v) is 7.31. The van der Waals surface area contributed by atoms with Gasteiger partial charge >= 0.3 is 0 Å². The Bertz CT molecular complexity index is 624. The molecule has 0 aliphatic heterocycles. The molecule has 25 heavy (non-hydrogen) atoms. The first-order valence-corrected chi connectivity index (χ1v) is 9.45. The topological polar surface area (TPSA) is 75.4 Å². The minimum atomic E-state index is -0.284. The van der Waals surface area contributed by atoms with Crippen molar-refractivity contribution in [2.24, 2.45) is 17.6 Å². The van der Waals surface area contributed by atoms with Crippen LogP contribution in [0.15, 0.2) is 18.2 Å². The molecule has 3 N–H and O–H groups in total. The Labute approximate surface area is 158 Å². The Morgan fingerprint density at radius 2 is 2.08 bits per heavy atom. The summed E-state index contributed by atoms with van der Waals surface area (Å²) in [4.78, 5) is 26.9. The van der Waals surface area contributed by atoms with Crippen molar-refractivity contribution < 1.29 is 9.59 Å². The number of hydrogen-bond donors (Lipinski definition) is 2. The van der Waals surface area contributed by atoms with E-state index >= 15 is 0 Å². The average molecular weight is 386 g/mol. The zero-order valence-corrected chi connectivity index (χ0v) is 15.9. The van der Waals surface area contributed by atoms with Gasteiger partial charge in [0, 0.05) is 17.5 Å². The third-order valence-corrected chi connectivity index (χ3v) is 5.19. The summed E-state index contributed by atoms with van der Waals surface area (Å²) in [6.45, 7) is 3.05. The highest BCUT2D eigenvalue weighted by Gasteiger charge is 2.35. The average Bonchev–Trinajstić information content (AvgIpc) is 3.05. The van der Waals surface area contributed by atoms with E-state index in [0.717, 1.165) is 25.7 Å². The number of nitrogens with one attached hydrogen (secondary N) is 1. The predicted octanol–water partition coefficient (Wildman–Crippen LogP) is 3.55. The molecule has 1 fully saturated rings. The molecule has 0 radical (unpaired) electrons. The number of hydrogen-bond acceptors (Lipinski definition) is 3. The van der Waals surface area contributed by atoms with E-state index in [1.807, 2.05) is 6.92 Å². The van der Waals surface area contributed by atoms with Crippen LogP contribution in [0.25, 0.3) is 0 Å². The number of carbonyl (C=O) groups is 2. The summed E-state index contributed by atoms with van der Waals surface area (Å²) in [5.41, 5.74) is 6.24. The molecule has 0 spiro atoms. The van der Waals surface area contributed by atoms with Gasteiger partial charge in [0.05, 0.1) is 17.3 Å². The fourth-order valence-electron chi connectivity index (χ4n) is 3.37. The van der Waals surface area contributed by atoms with Gasteiger partial charge < -0.3 is 16.0 Å². The summed E-state index contributed by atoms with van der Waals surface area (Å²) < 4.78 is 0. The number of nitrogens with two attached hydrogens (primary N) is 1. The summed E-state index contributed by atoms with van der Waals surface area (Å²) in [7, 11) is 0. The molecule has 2 amide bonds. The molecule has 2 atom stereocenters. The Morgan fingerprint density at radius 1 is 1.32 bits per heavy atom. The molecule has 7 heteroatoms. The van der Waals surface area contributed by atoms with E-state index in [2.05, 4.69) is 5.32 Å². The van der Waals surface area contributed by atoms with Crippen LogP contribution in [0.1, 0.15) is 32.6 Å². The molecule has 0 heterocycles. The molecule has 0 bridgehead atoms. The number of halogens is 2. The van der Waals surface area contributed by atoms with Crippen molar-refractivity contribution in [1.82, 2.24) is 4.90 Å². The van der Waals surface area contributed by atoms with E-state index in [1.54, 1.807) is 23.1 Å². The van der Waals surface area contributed by atoms with Gasteiger partial charge in [-0.3, -0.25) is 9.59 Å². The van der Waals surface area contributed by atoms with Gasteiger partial charge in [-0.15, -0.1) is 0 Å². The molecule has 0 saturated heterocycles. The van der Waals surface area contributed by atoms with Crippen molar-refractivity contribution in [3.63, 3.8) is 0 Å². The Hall–Kier alpha value is -1.30. The number of anilines is 1. The van der Waals surface area contributed by atoms with E-state index in [9.17, 15) is 9.59 Å². The second kappa shape index (κ2) is 9.41. The Morgan fingerprint density at radius 3 is 2.76 bits per heavy atom. The second-order valence-electron chi connectivity index (χ2n) is 6.47. The minimum absolute atomic E-state index is 0.00328. The van der Waals surface area contributed by atoms with Crippen molar-refractivity contribution in [3.05, 3.63) is 28.2 Å². The maximum atomic E-state index is 12.9. The van der Waals surface area contributed by atoms with Crippen molar-refractivity contribution in [2.45, 2.75) is 32.6 Å². The molecule has 1 saturated carbocycles. The molecule has 1 aliphatic rings. The first kappa shape index (κ1) is 20.0. The van der Waals surface area contributed by atoms with Crippen LogP contribution in [0.4, 0.5) is 5.69 Å². The third-order valence-electron chi connectivity index (χ3n) is 4.62. The van der Waals surface area contributed by atoms with Crippen LogP contribution >= 0.6 is 23.2 Å². The zero-order chi connectivity index (χ0) is 18.4. The van der Waals surface area contributed by atoms with Gasteiger partial charge in [0.1, 0.15) is 0 Å². The smallest absolute Gasteiger partial charge is 0.244 e. The largest absolute Gasteiger partial charge is 0.333 e. The highest BCUT2D eigenvalue weighted by atomic mass is 35.5. The van der Waals surface area contributed by atoms with Gasteiger partial charge in [-0.25, -0.2) is 0 Å². The predicted molar refractivity (Wildman–Crippen MR) is 102 cm³/mol. The van der Waals surface area contributed by atoms with Crippen LogP contribution < -0.4 is 11.1 Å². The first-order valence-electron chi connectivity index (χ1n) is 8.70. The summed E-state index contributed by atoms with van der Waals surface area (Å²) in [5, 5.41) is 3.63. The SMILES string of the molecule is CCCN(CC(=O)Nc1cc(Cl)ccc1Cl)C(=O)[C@@H]1CCC[C@@H]1CN. The van der Waals surface area contributed by atoms with Gasteiger partial charge in [-0.2, -0.15) is 0 Å². The van der Waals surface area contributed by atoms with E-state index in [4.69, 9.17) is 28.9 Å². The number of benzene rings is 1. The molecule has 0 unspecified atom stereocenters. The number of carbonyl (C=O) groups excluding carboxylic acids is 2. The number of rotatable bonds is 7. The van der Waals surface area contributed by atoms with Gasteiger partial charge in [0.25, 0.3) is 0 Å². The molecular formula is C18H25Cl2N3O2. The first-order chi connectivity index (χ1) is 12.0. The maximum absolute atomic E-state index is 12.9. The van der Waals surface area contributed by atoms with Gasteiger partial charge in [-0.1, -0.05) is 36.5 Å². The normalized spacial score (nSPS) is 19.7. The van der Waals surface area contributed by atoms with Gasteiger partial charge in [0.2, 0.25) is 11.8 Å². The standard InChI is InChI=1S/C18H25Cl2N3O2/c1-2-8-23(18(25)14-5-3-4-12(14)10-21)11-17(24)22-16-9-13(19)6-7-15(16)20/h6-7,9,12,14H,2-5,8,10-11,21H2,1H3,(H,22,24)/t12-,14-/m1/s1. The number of nitrogens with zero attached hydrogens (tertiary/aromatic N) is 1. The van der Waals surface area contributed by atoms with Crippen LogP contribution in [0.5, 0.6) is 0 Å². The van der Waals surface area contributed by atoms with Crippen molar-refractivity contribution in [2.75, 3.05) is 25.0 Å². The molecule has 5 nitrogen and oxygen atoms in total.